The van der Waals surface area contributed by atoms with Gasteiger partial charge >= 0.3 is 0 Å². The molecule has 0 spiro atoms. The van der Waals surface area contributed by atoms with Crippen molar-refractivity contribution in [2.24, 2.45) is 11.1 Å². The Morgan fingerprint density at radius 2 is 1.85 bits per heavy atom. The molecule has 5 nitrogen and oxygen atoms in total. The molecular formula is C22H28N2O3. The number of nitrogens with two attached hydrogens (primary N) is 1. The fraction of sp³-hybridized carbons (Fsp3) is 0.409. The Hall–Kier alpha value is -2.37. The lowest BCUT2D eigenvalue weighted by atomic mass is 9.54. The Morgan fingerprint density at radius 1 is 1.15 bits per heavy atom. The van der Waals surface area contributed by atoms with E-state index in [4.69, 9.17) is 15.2 Å². The molecule has 3 N–H and O–H groups in total. The van der Waals surface area contributed by atoms with Gasteiger partial charge in [-0.1, -0.05) is 44.2 Å². The number of rotatable bonds is 7. The van der Waals surface area contributed by atoms with Crippen LogP contribution in [0.1, 0.15) is 32.8 Å². The third kappa shape index (κ3) is 3.84. The summed E-state index contributed by atoms with van der Waals surface area (Å²) in [4.78, 5) is 12.7. The first kappa shape index (κ1) is 19.4. The van der Waals surface area contributed by atoms with Gasteiger partial charge in [-0.3, -0.25) is 4.79 Å². The van der Waals surface area contributed by atoms with E-state index >= 15 is 0 Å². The maximum atomic E-state index is 12.7. The minimum absolute atomic E-state index is 0.0147. The van der Waals surface area contributed by atoms with Gasteiger partial charge in [-0.15, -0.1) is 0 Å². The highest BCUT2D eigenvalue weighted by molar-refractivity contribution is 5.88. The molecule has 1 saturated carbocycles. The molecule has 1 fully saturated rings. The van der Waals surface area contributed by atoms with E-state index in [1.807, 2.05) is 75.4 Å². The molecule has 5 heteroatoms. The van der Waals surface area contributed by atoms with Crippen LogP contribution in [0.5, 0.6) is 11.5 Å². The maximum absolute atomic E-state index is 12.7. The van der Waals surface area contributed by atoms with Crippen LogP contribution in [-0.2, 0) is 16.1 Å². The molecule has 144 valence electrons. The number of hydrogen-bond donors (Lipinski definition) is 2. The molecule has 0 heterocycles. The summed E-state index contributed by atoms with van der Waals surface area (Å²) in [5.41, 5.74) is 6.07. The van der Waals surface area contributed by atoms with E-state index < -0.39 is 11.0 Å². The third-order valence-corrected chi connectivity index (χ3v) is 5.57. The van der Waals surface area contributed by atoms with Crippen molar-refractivity contribution in [2.75, 3.05) is 6.61 Å². The Labute approximate surface area is 160 Å². The number of benzene rings is 2. The number of para-hydroxylation sites is 1. The van der Waals surface area contributed by atoms with Crippen molar-refractivity contribution in [3.8, 4) is 11.5 Å². The largest absolute Gasteiger partial charge is 0.457 e. The first-order valence-corrected chi connectivity index (χ1v) is 9.37. The van der Waals surface area contributed by atoms with E-state index in [0.717, 1.165) is 17.1 Å². The van der Waals surface area contributed by atoms with Gasteiger partial charge in [0, 0.05) is 25.0 Å². The molecular weight excluding hydrogens is 340 g/mol. The van der Waals surface area contributed by atoms with E-state index in [0.29, 0.717) is 19.6 Å². The van der Waals surface area contributed by atoms with Crippen LogP contribution in [0.4, 0.5) is 0 Å². The van der Waals surface area contributed by atoms with Crippen LogP contribution in [0.15, 0.2) is 54.6 Å². The van der Waals surface area contributed by atoms with Crippen LogP contribution in [0.2, 0.25) is 0 Å². The molecule has 2 atom stereocenters. The van der Waals surface area contributed by atoms with E-state index in [-0.39, 0.29) is 12.0 Å². The lowest BCUT2D eigenvalue weighted by Crippen LogP contribution is -2.75. The number of carbonyl (C=O) groups excluding carboxylic acids is 1. The van der Waals surface area contributed by atoms with Gasteiger partial charge in [-0.05, 0) is 36.8 Å². The Morgan fingerprint density at radius 3 is 2.52 bits per heavy atom. The van der Waals surface area contributed by atoms with Crippen molar-refractivity contribution < 1.29 is 14.3 Å². The molecule has 0 bridgehead atoms. The molecule has 3 rings (SSSR count). The van der Waals surface area contributed by atoms with Crippen molar-refractivity contribution in [3.05, 3.63) is 60.2 Å². The van der Waals surface area contributed by atoms with Crippen LogP contribution in [-0.4, -0.2) is 24.2 Å². The summed E-state index contributed by atoms with van der Waals surface area (Å²) in [5.74, 6) is 1.37. The summed E-state index contributed by atoms with van der Waals surface area (Å²) < 4.78 is 11.5. The average molecular weight is 368 g/mol. The van der Waals surface area contributed by atoms with Gasteiger partial charge in [0.05, 0.1) is 6.10 Å². The molecule has 1 aliphatic rings. The molecule has 0 aromatic heterocycles. The van der Waals surface area contributed by atoms with Crippen molar-refractivity contribution in [1.82, 2.24) is 5.32 Å². The number of ether oxygens (including phenoxy) is 2. The first-order chi connectivity index (χ1) is 12.9. The lowest BCUT2D eigenvalue weighted by Gasteiger charge is -2.57. The quantitative estimate of drug-likeness (QED) is 0.783. The monoisotopic (exact) mass is 368 g/mol. The number of nitrogens with one attached hydrogen (secondary N) is 1. The van der Waals surface area contributed by atoms with Crippen molar-refractivity contribution in [2.45, 2.75) is 45.4 Å². The topological polar surface area (TPSA) is 73.6 Å². The zero-order valence-electron chi connectivity index (χ0n) is 16.2. The molecule has 2 aromatic carbocycles. The van der Waals surface area contributed by atoms with Crippen LogP contribution >= 0.6 is 0 Å². The Kier molecular flexibility index (Phi) is 5.53. The maximum Gasteiger partial charge on any atom is 0.241 e. The van der Waals surface area contributed by atoms with Crippen molar-refractivity contribution >= 4 is 5.91 Å². The minimum Gasteiger partial charge on any atom is -0.457 e. The van der Waals surface area contributed by atoms with Crippen LogP contribution in [0.25, 0.3) is 0 Å². The molecule has 0 aliphatic heterocycles. The van der Waals surface area contributed by atoms with Crippen LogP contribution < -0.4 is 15.8 Å². The highest BCUT2D eigenvalue weighted by Gasteiger charge is 2.62. The zero-order chi connectivity index (χ0) is 19.5. The summed E-state index contributed by atoms with van der Waals surface area (Å²) in [7, 11) is 0. The highest BCUT2D eigenvalue weighted by atomic mass is 16.5. The molecule has 0 saturated heterocycles. The fourth-order valence-corrected chi connectivity index (χ4v) is 3.50. The Bertz CT molecular complexity index is 791. The predicted octanol–water partition coefficient (Wildman–Crippen LogP) is 3.63. The number of amides is 1. The second-order valence-corrected chi connectivity index (χ2v) is 7.59. The predicted molar refractivity (Wildman–Crippen MR) is 106 cm³/mol. The van der Waals surface area contributed by atoms with Crippen molar-refractivity contribution in [3.63, 3.8) is 0 Å². The standard InChI is InChI=1S/C22H28N2O3/c1-4-26-19-14-22(23,21(19,2)3)20(25)24-15-16-9-8-12-18(13-16)27-17-10-6-5-7-11-17/h5-13,19H,4,14-15,23H2,1-3H3,(H,24,25). The third-order valence-electron chi connectivity index (χ3n) is 5.57. The summed E-state index contributed by atoms with van der Waals surface area (Å²) in [6.07, 6.45) is 0.553. The van der Waals surface area contributed by atoms with Gasteiger partial charge in [0.2, 0.25) is 5.91 Å². The second kappa shape index (κ2) is 7.71. The fourth-order valence-electron chi connectivity index (χ4n) is 3.50. The summed E-state index contributed by atoms with van der Waals surface area (Å²) in [5, 5.41) is 2.98. The summed E-state index contributed by atoms with van der Waals surface area (Å²) in [6, 6.07) is 17.3. The second-order valence-electron chi connectivity index (χ2n) is 7.59. The van der Waals surface area contributed by atoms with Gasteiger partial charge in [-0.2, -0.15) is 0 Å². The van der Waals surface area contributed by atoms with Gasteiger partial charge < -0.3 is 20.5 Å². The molecule has 1 aliphatic carbocycles. The normalized spacial score (nSPS) is 23.3. The van der Waals surface area contributed by atoms with Gasteiger partial charge in [0.25, 0.3) is 0 Å². The smallest absolute Gasteiger partial charge is 0.241 e. The molecule has 2 aromatic rings. The molecule has 0 radical (unpaired) electrons. The lowest BCUT2D eigenvalue weighted by molar-refractivity contribution is -0.170. The highest BCUT2D eigenvalue weighted by Crippen LogP contribution is 2.49. The first-order valence-electron chi connectivity index (χ1n) is 9.37. The summed E-state index contributed by atoms with van der Waals surface area (Å²) in [6.45, 7) is 6.96. The van der Waals surface area contributed by atoms with Crippen molar-refractivity contribution in [1.29, 1.82) is 0 Å². The van der Waals surface area contributed by atoms with Crippen LogP contribution in [0.3, 0.4) is 0 Å². The van der Waals surface area contributed by atoms with Crippen LogP contribution in [0, 0.1) is 5.41 Å². The van der Waals surface area contributed by atoms with Gasteiger partial charge in [-0.25, -0.2) is 0 Å². The van der Waals surface area contributed by atoms with E-state index in [2.05, 4.69) is 5.32 Å². The molecule has 27 heavy (non-hydrogen) atoms. The van der Waals surface area contributed by atoms with E-state index in [1.54, 1.807) is 0 Å². The SMILES string of the molecule is CCOC1CC(N)(C(=O)NCc2cccc(Oc3ccccc3)c2)C1(C)C. The Balaban J connectivity index is 1.60. The van der Waals surface area contributed by atoms with E-state index in [9.17, 15) is 4.79 Å². The van der Waals surface area contributed by atoms with Gasteiger partial charge in [0.15, 0.2) is 0 Å². The minimum atomic E-state index is -0.912. The van der Waals surface area contributed by atoms with E-state index in [1.165, 1.54) is 0 Å². The zero-order valence-corrected chi connectivity index (χ0v) is 16.2. The average Bonchev–Trinajstić information content (AvgIpc) is 2.67. The molecule has 2 unspecified atom stereocenters. The van der Waals surface area contributed by atoms with Gasteiger partial charge in [0.1, 0.15) is 17.0 Å². The molecule has 1 amide bonds. The number of carbonyl (C=O) groups is 1. The summed E-state index contributed by atoms with van der Waals surface area (Å²) >= 11 is 0. The number of hydrogen-bond acceptors (Lipinski definition) is 4.